The Kier molecular flexibility index (Phi) is 3.97. The molecule has 0 saturated heterocycles. The van der Waals surface area contributed by atoms with Crippen LogP contribution in [0.1, 0.15) is 0 Å². The third-order valence-electron chi connectivity index (χ3n) is 3.98. The smallest absolute Gasteiger partial charge is 0.123 e. The summed E-state index contributed by atoms with van der Waals surface area (Å²) < 4.78 is 13.2. The van der Waals surface area contributed by atoms with E-state index in [9.17, 15) is 4.39 Å². The largest absolute Gasteiger partial charge is 0.207 e. The molecule has 0 aliphatic carbocycles. The van der Waals surface area contributed by atoms with Gasteiger partial charge in [-0.3, -0.25) is 0 Å². The number of rotatable bonds is 3. The molecule has 0 aliphatic heterocycles. The normalized spacial score (nSPS) is 10.7. The van der Waals surface area contributed by atoms with Crippen molar-refractivity contribution in [3.8, 4) is 32.0 Å². The molecule has 0 aliphatic rings. The highest BCUT2D eigenvalue weighted by Gasteiger charge is 2.13. The molecular formula is C22H15FS. The maximum absolute atomic E-state index is 13.2. The summed E-state index contributed by atoms with van der Waals surface area (Å²) in [7, 11) is 0. The van der Waals surface area contributed by atoms with Gasteiger partial charge in [0.05, 0.1) is 0 Å². The monoisotopic (exact) mass is 330 g/mol. The lowest BCUT2D eigenvalue weighted by molar-refractivity contribution is 0.628. The summed E-state index contributed by atoms with van der Waals surface area (Å²) in [4.78, 5) is 2.38. The first-order valence-corrected chi connectivity index (χ1v) is 8.63. The van der Waals surface area contributed by atoms with Gasteiger partial charge in [-0.2, -0.15) is 0 Å². The second kappa shape index (κ2) is 6.42. The van der Waals surface area contributed by atoms with Crippen molar-refractivity contribution in [1.29, 1.82) is 0 Å². The lowest BCUT2D eigenvalue weighted by Gasteiger charge is -2.03. The number of hydrogen-bond acceptors (Lipinski definition) is 1. The Bertz CT molecular complexity index is 881. The van der Waals surface area contributed by atoms with Crippen molar-refractivity contribution < 1.29 is 4.39 Å². The van der Waals surface area contributed by atoms with E-state index in [4.69, 9.17) is 0 Å². The molecule has 0 amide bonds. The summed E-state index contributed by atoms with van der Waals surface area (Å²) in [5.74, 6) is -0.207. The van der Waals surface area contributed by atoms with Gasteiger partial charge >= 0.3 is 0 Å². The molecule has 4 aromatic rings. The Labute approximate surface area is 144 Å². The summed E-state index contributed by atoms with van der Waals surface area (Å²) >= 11 is 1.74. The minimum atomic E-state index is -0.207. The Hall–Kier alpha value is -2.71. The molecule has 0 spiro atoms. The fourth-order valence-corrected chi connectivity index (χ4v) is 3.97. The number of thiophene rings is 1. The second-order valence-electron chi connectivity index (χ2n) is 5.59. The van der Waals surface area contributed by atoms with Crippen molar-refractivity contribution >= 4 is 11.3 Å². The fourth-order valence-electron chi connectivity index (χ4n) is 2.78. The first-order chi connectivity index (χ1) is 11.8. The highest BCUT2D eigenvalue weighted by Crippen LogP contribution is 2.43. The summed E-state index contributed by atoms with van der Waals surface area (Å²) in [6, 6.07) is 29.7. The molecule has 0 nitrogen and oxygen atoms in total. The van der Waals surface area contributed by atoms with Crippen molar-refractivity contribution in [3.63, 3.8) is 0 Å². The summed E-state index contributed by atoms with van der Waals surface area (Å²) in [5.41, 5.74) is 4.66. The molecule has 0 bridgehead atoms. The van der Waals surface area contributed by atoms with Crippen molar-refractivity contribution in [2.45, 2.75) is 0 Å². The molecule has 1 heterocycles. The van der Waals surface area contributed by atoms with Gasteiger partial charge in [-0.25, -0.2) is 4.39 Å². The van der Waals surface area contributed by atoms with Gasteiger partial charge in [-0.05, 0) is 34.9 Å². The molecule has 0 atom stereocenters. The topological polar surface area (TPSA) is 0 Å². The third kappa shape index (κ3) is 2.89. The minimum absolute atomic E-state index is 0.207. The predicted molar refractivity (Wildman–Crippen MR) is 101 cm³/mol. The van der Waals surface area contributed by atoms with E-state index in [0.29, 0.717) is 0 Å². The third-order valence-corrected chi connectivity index (χ3v) is 5.21. The quantitative estimate of drug-likeness (QED) is 0.384. The summed E-state index contributed by atoms with van der Waals surface area (Å²) in [5, 5.41) is 0. The van der Waals surface area contributed by atoms with Gasteiger partial charge in [0, 0.05) is 15.3 Å². The molecule has 2 heteroatoms. The van der Waals surface area contributed by atoms with Crippen molar-refractivity contribution in [2.24, 2.45) is 0 Å². The lowest BCUT2D eigenvalue weighted by Crippen LogP contribution is -1.78. The van der Waals surface area contributed by atoms with E-state index in [1.165, 1.54) is 33.7 Å². The van der Waals surface area contributed by atoms with Crippen molar-refractivity contribution in [3.05, 3.63) is 96.8 Å². The van der Waals surface area contributed by atoms with E-state index in [1.54, 1.807) is 11.3 Å². The first kappa shape index (κ1) is 14.9. The Balaban J connectivity index is 1.89. The second-order valence-corrected chi connectivity index (χ2v) is 6.64. The van der Waals surface area contributed by atoms with Gasteiger partial charge < -0.3 is 0 Å². The van der Waals surface area contributed by atoms with Gasteiger partial charge in [0.15, 0.2) is 0 Å². The Morgan fingerprint density at radius 2 is 1.17 bits per heavy atom. The zero-order valence-corrected chi connectivity index (χ0v) is 13.8. The van der Waals surface area contributed by atoms with E-state index in [2.05, 4.69) is 54.6 Å². The van der Waals surface area contributed by atoms with E-state index in [-0.39, 0.29) is 5.82 Å². The van der Waals surface area contributed by atoms with E-state index in [0.717, 1.165) is 10.4 Å². The van der Waals surface area contributed by atoms with Crippen LogP contribution in [0.3, 0.4) is 0 Å². The van der Waals surface area contributed by atoms with Crippen molar-refractivity contribution in [2.75, 3.05) is 0 Å². The average Bonchev–Trinajstić information content (AvgIpc) is 3.09. The maximum Gasteiger partial charge on any atom is 0.123 e. The Morgan fingerprint density at radius 1 is 0.583 bits per heavy atom. The molecule has 0 radical (unpaired) electrons. The van der Waals surface area contributed by atoms with Crippen LogP contribution in [-0.2, 0) is 0 Å². The fraction of sp³-hybridized carbons (Fsp3) is 0. The van der Waals surface area contributed by atoms with Gasteiger partial charge in [0.25, 0.3) is 0 Å². The van der Waals surface area contributed by atoms with Crippen LogP contribution in [0.2, 0.25) is 0 Å². The summed E-state index contributed by atoms with van der Waals surface area (Å²) in [6.45, 7) is 0. The van der Waals surface area contributed by atoms with Crippen LogP contribution in [0.4, 0.5) is 4.39 Å². The highest BCUT2D eigenvalue weighted by atomic mass is 32.1. The number of benzene rings is 3. The molecule has 4 rings (SSSR count). The van der Waals surface area contributed by atoms with Crippen LogP contribution >= 0.6 is 11.3 Å². The van der Waals surface area contributed by atoms with Crippen LogP contribution in [0, 0.1) is 5.82 Å². The van der Waals surface area contributed by atoms with Gasteiger partial charge in [0.1, 0.15) is 5.82 Å². The minimum Gasteiger partial charge on any atom is -0.207 e. The van der Waals surface area contributed by atoms with Crippen LogP contribution in [0.25, 0.3) is 32.0 Å². The average molecular weight is 330 g/mol. The van der Waals surface area contributed by atoms with E-state index >= 15 is 0 Å². The zero-order chi connectivity index (χ0) is 16.4. The highest BCUT2D eigenvalue weighted by molar-refractivity contribution is 7.19. The molecule has 0 saturated carbocycles. The number of hydrogen-bond donors (Lipinski definition) is 0. The van der Waals surface area contributed by atoms with Crippen molar-refractivity contribution in [1.82, 2.24) is 0 Å². The van der Waals surface area contributed by atoms with Crippen LogP contribution in [0.5, 0.6) is 0 Å². The molecule has 0 fully saturated rings. The Morgan fingerprint density at radius 3 is 1.79 bits per heavy atom. The molecule has 3 aromatic carbocycles. The first-order valence-electron chi connectivity index (χ1n) is 7.82. The predicted octanol–water partition coefficient (Wildman–Crippen LogP) is 6.89. The molecule has 0 unspecified atom stereocenters. The SMILES string of the molecule is Fc1ccc(-c2cc(-c3ccccc3)c(-c3ccccc3)s2)cc1. The zero-order valence-electron chi connectivity index (χ0n) is 12.9. The van der Waals surface area contributed by atoms with Crippen LogP contribution in [-0.4, -0.2) is 0 Å². The maximum atomic E-state index is 13.2. The van der Waals surface area contributed by atoms with Gasteiger partial charge in [-0.15, -0.1) is 11.3 Å². The molecule has 24 heavy (non-hydrogen) atoms. The standard InChI is InChI=1S/C22H15FS/c23-19-13-11-17(12-14-19)21-15-20(16-7-3-1-4-8-16)22(24-21)18-9-5-2-6-10-18/h1-15H. The van der Waals surface area contributed by atoms with Crippen LogP contribution in [0.15, 0.2) is 91.0 Å². The lowest BCUT2D eigenvalue weighted by atomic mass is 10.0. The summed E-state index contributed by atoms with van der Waals surface area (Å²) in [6.07, 6.45) is 0. The molecule has 116 valence electrons. The molecule has 0 N–H and O–H groups in total. The van der Waals surface area contributed by atoms with Gasteiger partial charge in [0.2, 0.25) is 0 Å². The number of halogens is 1. The molecular weight excluding hydrogens is 315 g/mol. The van der Waals surface area contributed by atoms with E-state index in [1.807, 2.05) is 24.3 Å². The van der Waals surface area contributed by atoms with E-state index < -0.39 is 0 Å². The van der Waals surface area contributed by atoms with Gasteiger partial charge in [-0.1, -0.05) is 72.8 Å². The van der Waals surface area contributed by atoms with Crippen LogP contribution < -0.4 is 0 Å². The molecule has 1 aromatic heterocycles.